The van der Waals surface area contributed by atoms with Crippen molar-refractivity contribution in [3.05, 3.63) is 42.0 Å². The van der Waals surface area contributed by atoms with Crippen LogP contribution in [0.25, 0.3) is 0 Å². The molecule has 1 N–H and O–H groups in total. The average molecular weight is 249 g/mol. The monoisotopic (exact) mass is 249 g/mol. The van der Waals surface area contributed by atoms with Gasteiger partial charge in [0.15, 0.2) is 0 Å². The highest BCUT2D eigenvalue weighted by atomic mass is 32.2. The first-order valence-corrected chi connectivity index (χ1v) is 7.20. The van der Waals surface area contributed by atoms with Crippen LogP contribution in [0.2, 0.25) is 0 Å². The lowest BCUT2D eigenvalue weighted by molar-refractivity contribution is 0.609. The third-order valence-corrected chi connectivity index (χ3v) is 3.73. The van der Waals surface area contributed by atoms with Gasteiger partial charge in [-0.15, -0.1) is 11.8 Å². The van der Waals surface area contributed by atoms with Crippen LogP contribution in [0.1, 0.15) is 25.8 Å². The van der Waals surface area contributed by atoms with E-state index in [4.69, 9.17) is 0 Å². The Morgan fingerprint density at radius 1 is 1.47 bits per heavy atom. The summed E-state index contributed by atoms with van der Waals surface area (Å²) >= 11 is 1.90. The number of hydrogen-bond donors (Lipinski definition) is 1. The molecule has 0 heterocycles. The molecule has 0 aromatic heterocycles. The van der Waals surface area contributed by atoms with Gasteiger partial charge in [-0.1, -0.05) is 36.8 Å². The molecule has 1 aromatic carbocycles. The predicted octanol–water partition coefficient (Wildman–Crippen LogP) is 4.03. The topological polar surface area (TPSA) is 12.0 Å². The number of thioether (sulfide) groups is 1. The lowest BCUT2D eigenvalue weighted by atomic mass is 10.2. The van der Waals surface area contributed by atoms with Crippen molar-refractivity contribution in [1.82, 2.24) is 5.32 Å². The molecule has 0 saturated carbocycles. The predicted molar refractivity (Wildman–Crippen MR) is 78.8 cm³/mol. The number of aryl methyl sites for hydroxylation is 1. The molecule has 0 spiro atoms. The van der Waals surface area contributed by atoms with Crippen molar-refractivity contribution in [3.8, 4) is 0 Å². The van der Waals surface area contributed by atoms with Gasteiger partial charge in [0.1, 0.15) is 0 Å². The van der Waals surface area contributed by atoms with E-state index in [0.29, 0.717) is 6.04 Å². The Morgan fingerprint density at radius 3 is 2.82 bits per heavy atom. The Labute approximate surface area is 110 Å². The SMILES string of the molecule is C=C(C)C(CSc1cccc(C)c1)NCCC. The minimum absolute atomic E-state index is 0.417. The van der Waals surface area contributed by atoms with E-state index in [9.17, 15) is 0 Å². The molecule has 0 amide bonds. The van der Waals surface area contributed by atoms with E-state index in [-0.39, 0.29) is 0 Å². The molecule has 0 radical (unpaired) electrons. The standard InChI is InChI=1S/C15H23NS/c1-5-9-16-15(12(2)3)11-17-14-8-6-7-13(4)10-14/h6-8,10,15-16H,2,5,9,11H2,1,3-4H3. The van der Waals surface area contributed by atoms with Crippen molar-refractivity contribution in [2.24, 2.45) is 0 Å². The molecule has 1 aromatic rings. The Kier molecular flexibility index (Phi) is 6.38. The number of benzene rings is 1. The van der Waals surface area contributed by atoms with Crippen molar-refractivity contribution in [1.29, 1.82) is 0 Å². The van der Waals surface area contributed by atoms with Crippen LogP contribution in [0.5, 0.6) is 0 Å². The second kappa shape index (κ2) is 7.57. The van der Waals surface area contributed by atoms with Gasteiger partial charge >= 0.3 is 0 Å². The summed E-state index contributed by atoms with van der Waals surface area (Å²) in [6.07, 6.45) is 1.17. The van der Waals surface area contributed by atoms with E-state index in [1.807, 2.05) is 11.8 Å². The molecule has 17 heavy (non-hydrogen) atoms. The fraction of sp³-hybridized carbons (Fsp3) is 0.467. The highest BCUT2D eigenvalue weighted by Gasteiger charge is 2.08. The summed E-state index contributed by atoms with van der Waals surface area (Å²) in [5.74, 6) is 1.05. The molecule has 94 valence electrons. The minimum Gasteiger partial charge on any atom is -0.310 e. The zero-order valence-corrected chi connectivity index (χ0v) is 11.9. The fourth-order valence-corrected chi connectivity index (χ4v) is 2.78. The lowest BCUT2D eigenvalue weighted by Gasteiger charge is -2.18. The van der Waals surface area contributed by atoms with Crippen molar-refractivity contribution >= 4 is 11.8 Å². The summed E-state index contributed by atoms with van der Waals surface area (Å²) < 4.78 is 0. The quantitative estimate of drug-likeness (QED) is 0.578. The van der Waals surface area contributed by atoms with Gasteiger partial charge in [-0.25, -0.2) is 0 Å². The van der Waals surface area contributed by atoms with Crippen LogP contribution in [0, 0.1) is 6.92 Å². The molecule has 0 aliphatic carbocycles. The molecule has 0 aliphatic rings. The highest BCUT2D eigenvalue weighted by Crippen LogP contribution is 2.21. The molecule has 1 nitrogen and oxygen atoms in total. The van der Waals surface area contributed by atoms with Gasteiger partial charge < -0.3 is 5.32 Å². The zero-order chi connectivity index (χ0) is 12.7. The summed E-state index contributed by atoms with van der Waals surface area (Å²) in [6.45, 7) is 11.6. The maximum atomic E-state index is 4.06. The average Bonchev–Trinajstić information content (AvgIpc) is 2.28. The maximum Gasteiger partial charge on any atom is 0.0369 e. The summed E-state index contributed by atoms with van der Waals surface area (Å²) in [5.41, 5.74) is 2.54. The zero-order valence-electron chi connectivity index (χ0n) is 11.1. The Bertz CT molecular complexity index is 360. The van der Waals surface area contributed by atoms with E-state index in [0.717, 1.165) is 12.3 Å². The van der Waals surface area contributed by atoms with Crippen LogP contribution in [-0.2, 0) is 0 Å². The van der Waals surface area contributed by atoms with Crippen molar-refractivity contribution < 1.29 is 0 Å². The molecular formula is C15H23NS. The second-order valence-corrected chi connectivity index (χ2v) is 5.57. The van der Waals surface area contributed by atoms with Crippen molar-refractivity contribution in [3.63, 3.8) is 0 Å². The van der Waals surface area contributed by atoms with E-state index in [1.165, 1.54) is 22.5 Å². The van der Waals surface area contributed by atoms with E-state index >= 15 is 0 Å². The molecule has 1 unspecified atom stereocenters. The smallest absolute Gasteiger partial charge is 0.0369 e. The number of nitrogens with one attached hydrogen (secondary N) is 1. The van der Waals surface area contributed by atoms with Crippen LogP contribution in [0.15, 0.2) is 41.3 Å². The molecule has 1 atom stereocenters. The lowest BCUT2D eigenvalue weighted by Crippen LogP contribution is -2.32. The van der Waals surface area contributed by atoms with Gasteiger partial charge in [0, 0.05) is 16.7 Å². The van der Waals surface area contributed by atoms with Gasteiger partial charge in [-0.05, 0) is 38.9 Å². The first kappa shape index (κ1) is 14.3. The number of hydrogen-bond acceptors (Lipinski definition) is 2. The van der Waals surface area contributed by atoms with Crippen LogP contribution in [0.3, 0.4) is 0 Å². The number of rotatable bonds is 7. The first-order chi connectivity index (χ1) is 8.13. The van der Waals surface area contributed by atoms with Crippen LogP contribution < -0.4 is 5.32 Å². The van der Waals surface area contributed by atoms with Crippen LogP contribution in [0.4, 0.5) is 0 Å². The van der Waals surface area contributed by atoms with Crippen LogP contribution >= 0.6 is 11.8 Å². The minimum atomic E-state index is 0.417. The van der Waals surface area contributed by atoms with E-state index < -0.39 is 0 Å². The Hall–Kier alpha value is -0.730. The van der Waals surface area contributed by atoms with E-state index in [2.05, 4.69) is 56.9 Å². The maximum absolute atomic E-state index is 4.06. The Balaban J connectivity index is 2.48. The molecule has 0 bridgehead atoms. The highest BCUT2D eigenvalue weighted by molar-refractivity contribution is 7.99. The largest absolute Gasteiger partial charge is 0.310 e. The first-order valence-electron chi connectivity index (χ1n) is 6.21. The summed E-state index contributed by atoms with van der Waals surface area (Å²) in [6, 6.07) is 9.08. The van der Waals surface area contributed by atoms with Crippen molar-refractivity contribution in [2.75, 3.05) is 12.3 Å². The Morgan fingerprint density at radius 2 is 2.24 bits per heavy atom. The van der Waals surface area contributed by atoms with E-state index in [1.54, 1.807) is 0 Å². The van der Waals surface area contributed by atoms with Gasteiger partial charge in [0.05, 0.1) is 0 Å². The molecule has 1 rings (SSSR count). The summed E-state index contributed by atoms with van der Waals surface area (Å²) in [5, 5.41) is 3.53. The van der Waals surface area contributed by atoms with Crippen LogP contribution in [-0.4, -0.2) is 18.3 Å². The molecule has 0 fully saturated rings. The molecule has 0 aliphatic heterocycles. The molecular weight excluding hydrogens is 226 g/mol. The van der Waals surface area contributed by atoms with Gasteiger partial charge in [0.25, 0.3) is 0 Å². The van der Waals surface area contributed by atoms with Gasteiger partial charge in [-0.2, -0.15) is 0 Å². The summed E-state index contributed by atoms with van der Waals surface area (Å²) in [4.78, 5) is 1.34. The van der Waals surface area contributed by atoms with Gasteiger partial charge in [-0.3, -0.25) is 0 Å². The third kappa shape index (κ3) is 5.42. The molecule has 0 saturated heterocycles. The summed E-state index contributed by atoms with van der Waals surface area (Å²) in [7, 11) is 0. The molecule has 2 heteroatoms. The van der Waals surface area contributed by atoms with Gasteiger partial charge in [0.2, 0.25) is 0 Å². The fourth-order valence-electron chi connectivity index (χ4n) is 1.58. The third-order valence-electron chi connectivity index (χ3n) is 2.64. The second-order valence-electron chi connectivity index (χ2n) is 4.48. The normalized spacial score (nSPS) is 12.4. The van der Waals surface area contributed by atoms with Crippen molar-refractivity contribution in [2.45, 2.75) is 38.1 Å².